The van der Waals surface area contributed by atoms with Crippen LogP contribution < -0.4 is 0 Å². The average Bonchev–Trinajstić information content (AvgIpc) is 2.98. The molecule has 0 fully saturated rings. The molecule has 0 saturated heterocycles. The molecule has 2 aromatic carbocycles. The second-order valence-electron chi connectivity index (χ2n) is 5.70. The maximum atomic E-state index is 10.2. The highest BCUT2D eigenvalue weighted by Gasteiger charge is 2.27. The number of rotatable bonds is 2. The number of phenolic OH excluding ortho intramolecular Hbond substituents is 1. The lowest BCUT2D eigenvalue weighted by Gasteiger charge is -2.20. The van der Waals surface area contributed by atoms with Crippen molar-refractivity contribution in [2.75, 3.05) is 0 Å². The molecule has 0 spiro atoms. The molecule has 0 unspecified atom stereocenters. The molecule has 0 amide bonds. The summed E-state index contributed by atoms with van der Waals surface area (Å²) in [6.45, 7) is 4.10. The topological polar surface area (TPSA) is 63.3 Å². The zero-order valence-corrected chi connectivity index (χ0v) is 14.2. The molecule has 3 aromatic rings. The minimum atomic E-state index is 0.0831. The van der Waals surface area contributed by atoms with Crippen molar-refractivity contribution in [1.82, 2.24) is 14.9 Å². The molecule has 1 N–H and O–H groups in total. The van der Waals surface area contributed by atoms with Crippen LogP contribution >= 0.6 is 11.8 Å². The largest absolute Gasteiger partial charge is 0.507 e. The summed E-state index contributed by atoms with van der Waals surface area (Å²) in [6.07, 6.45) is 0. The number of aromatic hydroxyl groups is 1. The maximum Gasteiger partial charge on any atom is 0.213 e. The van der Waals surface area contributed by atoms with Gasteiger partial charge in [0.1, 0.15) is 5.75 Å². The fourth-order valence-electron chi connectivity index (χ4n) is 2.79. The van der Waals surface area contributed by atoms with Crippen LogP contribution in [0.3, 0.4) is 0 Å². The van der Waals surface area contributed by atoms with Gasteiger partial charge in [0, 0.05) is 11.1 Å². The average molecular weight is 336 g/mol. The quantitative estimate of drug-likeness (QED) is 0.775. The van der Waals surface area contributed by atoms with E-state index in [9.17, 15) is 5.11 Å². The number of aromatic nitrogens is 3. The van der Waals surface area contributed by atoms with Gasteiger partial charge in [0.05, 0.1) is 11.0 Å². The van der Waals surface area contributed by atoms with E-state index in [0.29, 0.717) is 0 Å². The number of benzene rings is 2. The maximum absolute atomic E-state index is 10.2. The standard InChI is InChI=1S/C18H16N4OS/c1-11-7-3-4-8-13(11)17-19-20-18-22(17)21-16(12(2)24-18)14-9-5-6-10-15(14)23/h3-10,12,23H,1-2H3/t12-/m1/s1. The van der Waals surface area contributed by atoms with E-state index in [-0.39, 0.29) is 11.0 Å². The molecule has 24 heavy (non-hydrogen) atoms. The van der Waals surface area contributed by atoms with Crippen molar-refractivity contribution < 1.29 is 5.11 Å². The molecule has 0 radical (unpaired) electrons. The van der Waals surface area contributed by atoms with E-state index in [4.69, 9.17) is 5.10 Å². The van der Waals surface area contributed by atoms with E-state index in [1.54, 1.807) is 22.5 Å². The van der Waals surface area contributed by atoms with Crippen molar-refractivity contribution in [3.05, 3.63) is 59.7 Å². The Morgan fingerprint density at radius 3 is 2.46 bits per heavy atom. The second-order valence-corrected chi connectivity index (χ2v) is 7.00. The molecule has 1 atom stereocenters. The first-order valence-electron chi connectivity index (χ1n) is 7.70. The van der Waals surface area contributed by atoms with Crippen molar-refractivity contribution in [1.29, 1.82) is 0 Å². The number of hydrogen-bond donors (Lipinski definition) is 1. The van der Waals surface area contributed by atoms with Gasteiger partial charge in [-0.3, -0.25) is 0 Å². The van der Waals surface area contributed by atoms with Crippen LogP contribution in [0.25, 0.3) is 11.4 Å². The minimum absolute atomic E-state index is 0.0831. The van der Waals surface area contributed by atoms with Crippen molar-refractivity contribution in [2.45, 2.75) is 24.3 Å². The third-order valence-electron chi connectivity index (χ3n) is 4.05. The monoisotopic (exact) mass is 336 g/mol. The van der Waals surface area contributed by atoms with Crippen LogP contribution in [0, 0.1) is 6.92 Å². The van der Waals surface area contributed by atoms with Crippen molar-refractivity contribution in [2.24, 2.45) is 5.10 Å². The van der Waals surface area contributed by atoms with Crippen molar-refractivity contribution in [3.8, 4) is 17.1 Å². The van der Waals surface area contributed by atoms with E-state index in [1.807, 2.05) is 49.4 Å². The summed E-state index contributed by atoms with van der Waals surface area (Å²) in [5.74, 6) is 0.952. The molecular formula is C18H16N4OS. The Labute approximate surface area is 144 Å². The van der Waals surface area contributed by atoms with Gasteiger partial charge in [-0.15, -0.1) is 10.2 Å². The molecule has 0 aliphatic carbocycles. The van der Waals surface area contributed by atoms with Crippen LogP contribution in [0.1, 0.15) is 18.1 Å². The smallest absolute Gasteiger partial charge is 0.213 e. The summed E-state index contributed by atoms with van der Waals surface area (Å²) in [4.78, 5) is 0. The number of nitrogens with zero attached hydrogens (tertiary/aromatic N) is 4. The molecule has 120 valence electrons. The molecular weight excluding hydrogens is 320 g/mol. The summed E-state index contributed by atoms with van der Waals surface area (Å²) < 4.78 is 1.77. The van der Waals surface area contributed by atoms with Crippen LogP contribution in [0.15, 0.2) is 58.8 Å². The molecule has 4 rings (SSSR count). The van der Waals surface area contributed by atoms with E-state index < -0.39 is 0 Å². The Morgan fingerprint density at radius 2 is 1.71 bits per heavy atom. The molecule has 1 aromatic heterocycles. The molecule has 0 saturated carbocycles. The first kappa shape index (κ1) is 15.0. The summed E-state index contributed by atoms with van der Waals surface area (Å²) >= 11 is 1.59. The SMILES string of the molecule is Cc1ccccc1-c1nnc2n1N=C(c1ccccc1O)[C@@H](C)S2. The van der Waals surface area contributed by atoms with E-state index in [1.165, 1.54) is 0 Å². The van der Waals surface area contributed by atoms with Gasteiger partial charge in [-0.1, -0.05) is 48.2 Å². The Morgan fingerprint density at radius 1 is 1.00 bits per heavy atom. The molecule has 2 heterocycles. The summed E-state index contributed by atoms with van der Waals surface area (Å²) in [5.41, 5.74) is 3.69. The highest BCUT2D eigenvalue weighted by Crippen LogP contribution is 2.34. The Balaban J connectivity index is 1.89. The van der Waals surface area contributed by atoms with Crippen LogP contribution in [-0.2, 0) is 0 Å². The van der Waals surface area contributed by atoms with E-state index in [2.05, 4.69) is 17.1 Å². The van der Waals surface area contributed by atoms with Crippen LogP contribution in [-0.4, -0.2) is 30.9 Å². The number of thioether (sulfide) groups is 1. The highest BCUT2D eigenvalue weighted by molar-refractivity contribution is 8.00. The lowest BCUT2D eigenvalue weighted by molar-refractivity contribution is 0.474. The van der Waals surface area contributed by atoms with Gasteiger partial charge in [-0.05, 0) is 31.5 Å². The number of aryl methyl sites for hydroxylation is 1. The molecule has 0 bridgehead atoms. The van der Waals surface area contributed by atoms with Crippen LogP contribution in [0.4, 0.5) is 0 Å². The van der Waals surface area contributed by atoms with E-state index >= 15 is 0 Å². The zero-order valence-electron chi connectivity index (χ0n) is 13.3. The number of fused-ring (bicyclic) bond motifs is 1. The summed E-state index contributed by atoms with van der Waals surface area (Å²) in [5, 5.41) is 24.4. The van der Waals surface area contributed by atoms with Gasteiger partial charge in [0.2, 0.25) is 5.16 Å². The molecule has 1 aliphatic heterocycles. The summed E-state index contributed by atoms with van der Waals surface area (Å²) in [7, 11) is 0. The van der Waals surface area contributed by atoms with Crippen molar-refractivity contribution in [3.63, 3.8) is 0 Å². The van der Waals surface area contributed by atoms with Gasteiger partial charge >= 0.3 is 0 Å². The number of para-hydroxylation sites is 1. The predicted molar refractivity (Wildman–Crippen MR) is 95.6 cm³/mol. The Bertz CT molecular complexity index is 948. The molecule has 5 nitrogen and oxygen atoms in total. The number of hydrogen-bond acceptors (Lipinski definition) is 5. The van der Waals surface area contributed by atoms with Gasteiger partial charge in [0.15, 0.2) is 5.82 Å². The number of phenols is 1. The van der Waals surface area contributed by atoms with Crippen LogP contribution in [0.2, 0.25) is 0 Å². The minimum Gasteiger partial charge on any atom is -0.507 e. The fourth-order valence-corrected chi connectivity index (χ4v) is 3.70. The van der Waals surface area contributed by atoms with Gasteiger partial charge in [0.25, 0.3) is 0 Å². The molecule has 6 heteroatoms. The third kappa shape index (κ3) is 2.39. The van der Waals surface area contributed by atoms with Gasteiger partial charge in [-0.25, -0.2) is 0 Å². The predicted octanol–water partition coefficient (Wildman–Crippen LogP) is 3.71. The zero-order chi connectivity index (χ0) is 16.7. The molecule has 1 aliphatic rings. The Hall–Kier alpha value is -2.60. The lowest BCUT2D eigenvalue weighted by atomic mass is 10.1. The first-order chi connectivity index (χ1) is 11.6. The first-order valence-corrected chi connectivity index (χ1v) is 8.58. The second kappa shape index (κ2) is 5.79. The highest BCUT2D eigenvalue weighted by atomic mass is 32.2. The normalized spacial score (nSPS) is 16.6. The Kier molecular flexibility index (Phi) is 3.61. The summed E-state index contributed by atoms with van der Waals surface area (Å²) in [6, 6.07) is 15.3. The lowest BCUT2D eigenvalue weighted by Crippen LogP contribution is -2.21. The fraction of sp³-hybridized carbons (Fsp3) is 0.167. The van der Waals surface area contributed by atoms with E-state index in [0.717, 1.165) is 33.4 Å². The van der Waals surface area contributed by atoms with Crippen molar-refractivity contribution >= 4 is 17.5 Å². The van der Waals surface area contributed by atoms with Gasteiger partial charge in [-0.2, -0.15) is 9.78 Å². The van der Waals surface area contributed by atoms with Gasteiger partial charge < -0.3 is 5.11 Å². The van der Waals surface area contributed by atoms with Crippen LogP contribution in [0.5, 0.6) is 5.75 Å². The third-order valence-corrected chi connectivity index (χ3v) is 5.10.